The van der Waals surface area contributed by atoms with Crippen molar-refractivity contribution in [3.8, 4) is 0 Å². The van der Waals surface area contributed by atoms with Crippen LogP contribution in [0, 0.1) is 0 Å². The minimum absolute atomic E-state index is 0.0194. The van der Waals surface area contributed by atoms with Crippen molar-refractivity contribution in [2.45, 2.75) is 13.0 Å². The first kappa shape index (κ1) is 17.2. The van der Waals surface area contributed by atoms with Crippen LogP contribution in [0.25, 0.3) is 0 Å². The number of nitrogens with one attached hydrogen (secondary N) is 1. The average molecular weight is 337 g/mol. The van der Waals surface area contributed by atoms with E-state index in [0.717, 1.165) is 5.69 Å². The summed E-state index contributed by atoms with van der Waals surface area (Å²) in [5, 5.41) is 2.94. The maximum atomic E-state index is 12.5. The lowest BCUT2D eigenvalue weighted by molar-refractivity contribution is -0.121. The fourth-order valence-corrected chi connectivity index (χ4v) is 3.01. The molecule has 25 heavy (non-hydrogen) atoms. The standard InChI is InChI=1S/C20H23N3O2/c1-16(19(24)21-18-10-6-3-7-11-18)22-12-14-23(15-13-22)20(25)17-8-4-2-5-9-17/h2-11,16H,12-15H2,1H3,(H,21,24)/t16-/m0/s1. The fourth-order valence-electron chi connectivity index (χ4n) is 3.01. The van der Waals surface area contributed by atoms with E-state index in [9.17, 15) is 9.59 Å². The van der Waals surface area contributed by atoms with E-state index in [-0.39, 0.29) is 17.9 Å². The van der Waals surface area contributed by atoms with Crippen molar-refractivity contribution in [2.75, 3.05) is 31.5 Å². The summed E-state index contributed by atoms with van der Waals surface area (Å²) < 4.78 is 0. The van der Waals surface area contributed by atoms with Crippen LogP contribution in [0.1, 0.15) is 17.3 Å². The molecule has 0 spiro atoms. The summed E-state index contributed by atoms with van der Waals surface area (Å²) in [5.74, 6) is 0.0377. The Kier molecular flexibility index (Phi) is 5.46. The molecule has 5 nitrogen and oxygen atoms in total. The molecule has 1 aliphatic rings. The van der Waals surface area contributed by atoms with E-state index in [4.69, 9.17) is 0 Å². The van der Waals surface area contributed by atoms with Crippen LogP contribution < -0.4 is 5.32 Å². The number of nitrogens with zero attached hydrogens (tertiary/aromatic N) is 2. The number of para-hydroxylation sites is 1. The zero-order chi connectivity index (χ0) is 17.6. The molecule has 0 aliphatic carbocycles. The van der Waals surface area contributed by atoms with Gasteiger partial charge in [-0.25, -0.2) is 0 Å². The van der Waals surface area contributed by atoms with Gasteiger partial charge in [0.25, 0.3) is 5.91 Å². The first-order valence-electron chi connectivity index (χ1n) is 8.59. The van der Waals surface area contributed by atoms with Crippen LogP contribution in [0.5, 0.6) is 0 Å². The van der Waals surface area contributed by atoms with Crippen molar-refractivity contribution in [1.29, 1.82) is 0 Å². The first-order valence-corrected chi connectivity index (χ1v) is 8.59. The first-order chi connectivity index (χ1) is 12.1. The highest BCUT2D eigenvalue weighted by Gasteiger charge is 2.27. The van der Waals surface area contributed by atoms with Gasteiger partial charge in [-0.1, -0.05) is 36.4 Å². The molecule has 1 saturated heterocycles. The number of benzene rings is 2. The van der Waals surface area contributed by atoms with Crippen LogP contribution in [0.3, 0.4) is 0 Å². The lowest BCUT2D eigenvalue weighted by Gasteiger charge is -2.37. The minimum atomic E-state index is -0.228. The van der Waals surface area contributed by atoms with Gasteiger partial charge in [-0.3, -0.25) is 14.5 Å². The predicted octanol–water partition coefficient (Wildman–Crippen LogP) is 2.47. The Morgan fingerprint density at radius 2 is 1.44 bits per heavy atom. The highest BCUT2D eigenvalue weighted by molar-refractivity contribution is 5.95. The van der Waals surface area contributed by atoms with Crippen molar-refractivity contribution in [3.63, 3.8) is 0 Å². The Bertz CT molecular complexity index is 710. The van der Waals surface area contributed by atoms with Gasteiger partial charge in [-0.15, -0.1) is 0 Å². The minimum Gasteiger partial charge on any atom is -0.336 e. The smallest absolute Gasteiger partial charge is 0.253 e. The number of hydrogen-bond donors (Lipinski definition) is 1. The SMILES string of the molecule is C[C@@H](C(=O)Nc1ccccc1)N1CCN(C(=O)c2ccccc2)CC1. The van der Waals surface area contributed by atoms with Crippen molar-refractivity contribution in [1.82, 2.24) is 9.80 Å². The van der Waals surface area contributed by atoms with Crippen molar-refractivity contribution in [2.24, 2.45) is 0 Å². The summed E-state index contributed by atoms with van der Waals surface area (Å²) in [6.07, 6.45) is 0. The molecule has 2 amide bonds. The molecular formula is C20H23N3O2. The van der Waals surface area contributed by atoms with Gasteiger partial charge in [-0.2, -0.15) is 0 Å². The Morgan fingerprint density at radius 1 is 0.880 bits per heavy atom. The van der Waals surface area contributed by atoms with E-state index in [0.29, 0.717) is 31.7 Å². The van der Waals surface area contributed by atoms with Crippen molar-refractivity contribution in [3.05, 3.63) is 66.2 Å². The van der Waals surface area contributed by atoms with Gasteiger partial charge in [0.2, 0.25) is 5.91 Å². The molecule has 1 heterocycles. The number of carbonyl (C=O) groups excluding carboxylic acids is 2. The van der Waals surface area contributed by atoms with Gasteiger partial charge in [0.05, 0.1) is 6.04 Å². The number of hydrogen-bond acceptors (Lipinski definition) is 3. The lowest BCUT2D eigenvalue weighted by atomic mass is 10.1. The van der Waals surface area contributed by atoms with E-state index in [1.54, 1.807) is 0 Å². The van der Waals surface area contributed by atoms with E-state index in [1.165, 1.54) is 0 Å². The van der Waals surface area contributed by atoms with Crippen LogP contribution in [0.2, 0.25) is 0 Å². The highest BCUT2D eigenvalue weighted by atomic mass is 16.2. The van der Waals surface area contributed by atoms with Crippen molar-refractivity contribution >= 4 is 17.5 Å². The maximum absolute atomic E-state index is 12.5. The molecule has 0 radical (unpaired) electrons. The van der Waals surface area contributed by atoms with E-state index in [1.807, 2.05) is 72.5 Å². The Balaban J connectivity index is 1.53. The fraction of sp³-hybridized carbons (Fsp3) is 0.300. The third kappa shape index (κ3) is 4.25. The second kappa shape index (κ2) is 7.94. The summed E-state index contributed by atoms with van der Waals surface area (Å²) in [5.41, 5.74) is 1.52. The molecule has 0 unspecified atom stereocenters. The maximum Gasteiger partial charge on any atom is 0.253 e. The zero-order valence-corrected chi connectivity index (χ0v) is 14.4. The summed E-state index contributed by atoms with van der Waals surface area (Å²) in [6, 6.07) is 18.6. The van der Waals surface area contributed by atoms with Gasteiger partial charge < -0.3 is 10.2 Å². The van der Waals surface area contributed by atoms with Gasteiger partial charge in [0, 0.05) is 37.4 Å². The molecule has 1 fully saturated rings. The molecule has 2 aromatic rings. The Labute approximate surface area is 148 Å². The van der Waals surface area contributed by atoms with Crippen molar-refractivity contribution < 1.29 is 9.59 Å². The molecule has 130 valence electrons. The monoisotopic (exact) mass is 337 g/mol. The predicted molar refractivity (Wildman–Crippen MR) is 98.5 cm³/mol. The molecule has 1 aliphatic heterocycles. The second-order valence-electron chi connectivity index (χ2n) is 6.23. The molecule has 1 atom stereocenters. The van der Waals surface area contributed by atoms with Gasteiger partial charge in [0.1, 0.15) is 0 Å². The van der Waals surface area contributed by atoms with Crippen LogP contribution in [0.4, 0.5) is 5.69 Å². The number of anilines is 1. The average Bonchev–Trinajstić information content (AvgIpc) is 2.68. The third-order valence-corrected chi connectivity index (χ3v) is 4.59. The van der Waals surface area contributed by atoms with Gasteiger partial charge in [-0.05, 0) is 31.2 Å². The molecule has 0 saturated carbocycles. The highest BCUT2D eigenvalue weighted by Crippen LogP contribution is 2.13. The largest absolute Gasteiger partial charge is 0.336 e. The summed E-state index contributed by atoms with van der Waals surface area (Å²) in [4.78, 5) is 28.9. The molecule has 2 aromatic carbocycles. The molecule has 3 rings (SSSR count). The number of piperazine rings is 1. The normalized spacial score (nSPS) is 16.3. The van der Waals surface area contributed by atoms with Crippen LogP contribution in [0.15, 0.2) is 60.7 Å². The topological polar surface area (TPSA) is 52.7 Å². The number of rotatable bonds is 4. The van der Waals surface area contributed by atoms with Gasteiger partial charge in [0.15, 0.2) is 0 Å². The molecule has 0 bridgehead atoms. The van der Waals surface area contributed by atoms with Gasteiger partial charge >= 0.3 is 0 Å². The Morgan fingerprint density at radius 3 is 2.04 bits per heavy atom. The lowest BCUT2D eigenvalue weighted by Crippen LogP contribution is -2.54. The van der Waals surface area contributed by atoms with Crippen LogP contribution in [-0.2, 0) is 4.79 Å². The second-order valence-corrected chi connectivity index (χ2v) is 6.23. The Hall–Kier alpha value is -2.66. The molecule has 0 aromatic heterocycles. The van der Waals surface area contributed by atoms with Crippen LogP contribution >= 0.6 is 0 Å². The zero-order valence-electron chi connectivity index (χ0n) is 14.4. The number of carbonyl (C=O) groups is 2. The van der Waals surface area contributed by atoms with E-state index in [2.05, 4.69) is 10.2 Å². The summed E-state index contributed by atoms with van der Waals surface area (Å²) in [7, 11) is 0. The summed E-state index contributed by atoms with van der Waals surface area (Å²) >= 11 is 0. The number of amides is 2. The molecular weight excluding hydrogens is 314 g/mol. The third-order valence-electron chi connectivity index (χ3n) is 4.59. The van der Waals surface area contributed by atoms with E-state index >= 15 is 0 Å². The molecule has 5 heteroatoms. The quantitative estimate of drug-likeness (QED) is 0.932. The molecule has 1 N–H and O–H groups in total. The summed E-state index contributed by atoms with van der Waals surface area (Å²) in [6.45, 7) is 4.57. The van der Waals surface area contributed by atoms with E-state index < -0.39 is 0 Å². The van der Waals surface area contributed by atoms with Crippen LogP contribution in [-0.4, -0.2) is 53.8 Å².